The van der Waals surface area contributed by atoms with Crippen LogP contribution in [-0.2, 0) is 0 Å². The van der Waals surface area contributed by atoms with Gasteiger partial charge in [-0.2, -0.15) is 0 Å². The summed E-state index contributed by atoms with van der Waals surface area (Å²) in [6.45, 7) is 2.31. The number of para-hydroxylation sites is 1. The number of halogens is 1. The van der Waals surface area contributed by atoms with Crippen molar-refractivity contribution >= 4 is 46.3 Å². The van der Waals surface area contributed by atoms with E-state index in [1.54, 1.807) is 23.1 Å². The summed E-state index contributed by atoms with van der Waals surface area (Å²) in [5.74, 6) is -1.08. The van der Waals surface area contributed by atoms with Gasteiger partial charge in [0.1, 0.15) is 4.88 Å². The van der Waals surface area contributed by atoms with Crippen LogP contribution < -0.4 is 10.2 Å². The van der Waals surface area contributed by atoms with Crippen molar-refractivity contribution in [2.45, 2.75) is 6.92 Å². The molecule has 0 fully saturated rings. The van der Waals surface area contributed by atoms with Gasteiger partial charge in [-0.05, 0) is 42.8 Å². The molecule has 27 heavy (non-hydrogen) atoms. The van der Waals surface area contributed by atoms with E-state index in [-0.39, 0.29) is 16.6 Å². The topological polar surface area (TPSA) is 69.6 Å². The maximum absolute atomic E-state index is 12.7. The molecule has 0 bridgehead atoms. The lowest BCUT2D eigenvalue weighted by Gasteiger charge is -2.21. The molecule has 0 atom stereocenters. The first kappa shape index (κ1) is 18.9. The Morgan fingerprint density at radius 2 is 1.78 bits per heavy atom. The molecule has 138 valence electrons. The van der Waals surface area contributed by atoms with Gasteiger partial charge in [0.15, 0.2) is 0 Å². The maximum Gasteiger partial charge on any atom is 0.348 e. The highest BCUT2D eigenvalue weighted by Crippen LogP contribution is 2.35. The van der Waals surface area contributed by atoms with Crippen LogP contribution in [0.4, 0.5) is 16.2 Å². The first-order valence-corrected chi connectivity index (χ1v) is 9.45. The summed E-state index contributed by atoms with van der Waals surface area (Å²) in [4.78, 5) is 26.7. The first-order valence-electron chi connectivity index (χ1n) is 8.26. The molecule has 3 rings (SSSR count). The molecule has 0 aliphatic rings. The molecule has 0 saturated carbocycles. The van der Waals surface area contributed by atoms with Gasteiger partial charge in [-0.3, -0.25) is 4.90 Å². The van der Waals surface area contributed by atoms with Crippen LogP contribution in [0.2, 0.25) is 5.02 Å². The second kappa shape index (κ2) is 8.24. The number of anilines is 2. The van der Waals surface area contributed by atoms with Crippen LogP contribution in [0.1, 0.15) is 16.6 Å². The summed E-state index contributed by atoms with van der Waals surface area (Å²) in [6, 6.07) is 17.6. The molecule has 3 aromatic rings. The zero-order valence-corrected chi connectivity index (χ0v) is 16.1. The van der Waals surface area contributed by atoms with Crippen LogP contribution in [0.5, 0.6) is 0 Å². The number of carbonyl (C=O) groups excluding carboxylic acids is 1. The molecule has 0 unspecified atom stereocenters. The van der Waals surface area contributed by atoms with Crippen molar-refractivity contribution in [3.8, 4) is 10.4 Å². The van der Waals surface area contributed by atoms with E-state index < -0.39 is 5.97 Å². The Hall–Kier alpha value is -2.83. The highest BCUT2D eigenvalue weighted by molar-refractivity contribution is 7.18. The number of carboxylic acids is 1. The predicted molar refractivity (Wildman–Crippen MR) is 110 cm³/mol. The number of aromatic carboxylic acids is 1. The molecule has 5 nitrogen and oxygen atoms in total. The Bertz CT molecular complexity index is 955. The monoisotopic (exact) mass is 400 g/mol. The summed E-state index contributed by atoms with van der Waals surface area (Å²) in [5.41, 5.74) is 1.85. The number of nitrogens with zero attached hydrogens (tertiary/aromatic N) is 1. The zero-order chi connectivity index (χ0) is 19.4. The molecule has 0 aliphatic carbocycles. The summed E-state index contributed by atoms with van der Waals surface area (Å²) in [5, 5.41) is 12.9. The Kier molecular flexibility index (Phi) is 5.78. The minimum absolute atomic E-state index is 0.0809. The smallest absolute Gasteiger partial charge is 0.348 e. The van der Waals surface area contributed by atoms with Crippen LogP contribution in [0.3, 0.4) is 0 Å². The van der Waals surface area contributed by atoms with Gasteiger partial charge in [0, 0.05) is 22.1 Å². The fourth-order valence-corrected chi connectivity index (χ4v) is 3.72. The Balaban J connectivity index is 1.90. The van der Waals surface area contributed by atoms with Gasteiger partial charge in [-0.25, -0.2) is 9.59 Å². The molecular weight excluding hydrogens is 384 g/mol. The standard InChI is InChI=1S/C20H17ClN2O3S/c1-2-23(15-6-4-3-5-7-15)20(26)22-16-12-17(27-18(16)19(24)25)13-8-10-14(21)11-9-13/h3-12H,2H2,1H3,(H,22,26)(H,24,25). The maximum atomic E-state index is 12.7. The van der Waals surface area contributed by atoms with Gasteiger partial charge in [0.25, 0.3) is 0 Å². The van der Waals surface area contributed by atoms with E-state index in [1.165, 1.54) is 0 Å². The van der Waals surface area contributed by atoms with Crippen LogP contribution in [0.25, 0.3) is 10.4 Å². The molecule has 7 heteroatoms. The van der Waals surface area contributed by atoms with Crippen molar-refractivity contribution in [3.63, 3.8) is 0 Å². The van der Waals surface area contributed by atoms with E-state index in [9.17, 15) is 14.7 Å². The number of rotatable bonds is 5. The fourth-order valence-electron chi connectivity index (χ4n) is 2.63. The fraction of sp³-hybridized carbons (Fsp3) is 0.100. The number of benzene rings is 2. The first-order chi connectivity index (χ1) is 13.0. The Labute approximate surface area is 165 Å². The average molecular weight is 401 g/mol. The predicted octanol–water partition coefficient (Wildman–Crippen LogP) is 5.83. The summed E-state index contributed by atoms with van der Waals surface area (Å²) >= 11 is 7.02. The molecule has 2 aromatic carbocycles. The van der Waals surface area contributed by atoms with Gasteiger partial charge in [0.2, 0.25) is 0 Å². The van der Waals surface area contributed by atoms with Crippen LogP contribution in [0.15, 0.2) is 60.7 Å². The molecule has 0 spiro atoms. The van der Waals surface area contributed by atoms with Gasteiger partial charge in [-0.15, -0.1) is 11.3 Å². The van der Waals surface area contributed by atoms with Crippen LogP contribution >= 0.6 is 22.9 Å². The molecular formula is C20H17ClN2O3S. The lowest BCUT2D eigenvalue weighted by molar-refractivity contribution is 0.0703. The molecule has 2 N–H and O–H groups in total. The molecule has 1 aromatic heterocycles. The van der Waals surface area contributed by atoms with Crippen molar-refractivity contribution in [2.24, 2.45) is 0 Å². The third kappa shape index (κ3) is 4.30. The van der Waals surface area contributed by atoms with Gasteiger partial charge in [0.05, 0.1) is 5.69 Å². The van der Waals surface area contributed by atoms with Crippen LogP contribution in [0, 0.1) is 0 Å². The normalized spacial score (nSPS) is 10.4. The number of urea groups is 1. The third-order valence-electron chi connectivity index (χ3n) is 3.93. The van der Waals surface area contributed by atoms with E-state index in [0.29, 0.717) is 11.6 Å². The average Bonchev–Trinajstić information content (AvgIpc) is 3.08. The number of carbonyl (C=O) groups is 2. The van der Waals surface area contributed by atoms with Crippen molar-refractivity contribution in [1.82, 2.24) is 0 Å². The number of nitrogens with one attached hydrogen (secondary N) is 1. The molecule has 0 saturated heterocycles. The number of carboxylic acid groups (broad SMARTS) is 1. The Morgan fingerprint density at radius 1 is 1.11 bits per heavy atom. The number of hydrogen-bond donors (Lipinski definition) is 2. The SMILES string of the molecule is CCN(C(=O)Nc1cc(-c2ccc(Cl)cc2)sc1C(=O)O)c1ccccc1. The largest absolute Gasteiger partial charge is 0.477 e. The van der Waals surface area contributed by atoms with E-state index in [4.69, 9.17) is 11.6 Å². The lowest BCUT2D eigenvalue weighted by atomic mass is 10.2. The van der Waals surface area contributed by atoms with Crippen molar-refractivity contribution in [1.29, 1.82) is 0 Å². The molecule has 2 amide bonds. The second-order valence-electron chi connectivity index (χ2n) is 5.68. The van der Waals surface area contributed by atoms with E-state index in [2.05, 4.69) is 5.32 Å². The van der Waals surface area contributed by atoms with Crippen LogP contribution in [-0.4, -0.2) is 23.7 Å². The van der Waals surface area contributed by atoms with E-state index >= 15 is 0 Å². The van der Waals surface area contributed by atoms with E-state index in [0.717, 1.165) is 27.5 Å². The van der Waals surface area contributed by atoms with Crippen molar-refractivity contribution < 1.29 is 14.7 Å². The van der Waals surface area contributed by atoms with Crippen molar-refractivity contribution in [2.75, 3.05) is 16.8 Å². The van der Waals surface area contributed by atoms with E-state index in [1.807, 2.05) is 49.4 Å². The molecule has 0 aliphatic heterocycles. The van der Waals surface area contributed by atoms with Gasteiger partial charge in [-0.1, -0.05) is 41.9 Å². The third-order valence-corrected chi connectivity index (χ3v) is 5.35. The summed E-state index contributed by atoms with van der Waals surface area (Å²) < 4.78 is 0. The minimum Gasteiger partial charge on any atom is -0.477 e. The summed E-state index contributed by atoms with van der Waals surface area (Å²) in [6.07, 6.45) is 0. The quantitative estimate of drug-likeness (QED) is 0.566. The second-order valence-corrected chi connectivity index (χ2v) is 7.16. The Morgan fingerprint density at radius 3 is 2.37 bits per heavy atom. The van der Waals surface area contributed by atoms with Gasteiger partial charge >= 0.3 is 12.0 Å². The summed E-state index contributed by atoms with van der Waals surface area (Å²) in [7, 11) is 0. The van der Waals surface area contributed by atoms with Crippen molar-refractivity contribution in [3.05, 3.63) is 70.6 Å². The highest BCUT2D eigenvalue weighted by atomic mass is 35.5. The zero-order valence-electron chi connectivity index (χ0n) is 14.5. The lowest BCUT2D eigenvalue weighted by Crippen LogP contribution is -2.34. The number of thiophene rings is 1. The number of amides is 2. The molecule has 0 radical (unpaired) electrons. The van der Waals surface area contributed by atoms with Gasteiger partial charge < -0.3 is 10.4 Å². The highest BCUT2D eigenvalue weighted by Gasteiger charge is 2.21. The number of hydrogen-bond acceptors (Lipinski definition) is 3. The molecule has 1 heterocycles. The minimum atomic E-state index is -1.08.